The van der Waals surface area contributed by atoms with Gasteiger partial charge in [0, 0.05) is 19.3 Å². The molecule has 0 aliphatic heterocycles. The molecule has 74 heavy (non-hydrogen) atoms. The lowest BCUT2D eigenvalue weighted by Crippen LogP contribution is -2.30. The number of carbonyl (C=O) groups excluding carboxylic acids is 3. The van der Waals surface area contributed by atoms with E-state index >= 15 is 0 Å². The van der Waals surface area contributed by atoms with E-state index in [2.05, 4.69) is 154 Å². The van der Waals surface area contributed by atoms with E-state index < -0.39 is 6.10 Å². The van der Waals surface area contributed by atoms with Crippen molar-refractivity contribution in [3.8, 4) is 0 Å². The molecule has 6 heteroatoms. The maximum absolute atomic E-state index is 12.8. The van der Waals surface area contributed by atoms with Gasteiger partial charge in [0.25, 0.3) is 0 Å². The second-order valence-electron chi connectivity index (χ2n) is 19.5. The highest BCUT2D eigenvalue weighted by Crippen LogP contribution is 2.15. The van der Waals surface area contributed by atoms with Gasteiger partial charge in [0.15, 0.2) is 6.10 Å². The second kappa shape index (κ2) is 61.1. The first-order chi connectivity index (χ1) is 36.5. The molecule has 6 nitrogen and oxygen atoms in total. The Morgan fingerprint density at radius 2 is 0.527 bits per heavy atom. The third-order valence-corrected chi connectivity index (χ3v) is 12.4. The van der Waals surface area contributed by atoms with E-state index in [1.807, 2.05) is 0 Å². The van der Waals surface area contributed by atoms with Gasteiger partial charge in [-0.1, -0.05) is 257 Å². The SMILES string of the molecule is CC/C=C\C/C=C\C/C=C\C/C=C\C/C=C\C/C=C\C/C=C\C/C=C\CCCCCCC(=O)OCC(COC(=O)CCCCC/C=C\C/C=C\C/C=C\CC)OC(=O)CCCCCCCCCCCCCCCC. The average molecular weight is 1020 g/mol. The van der Waals surface area contributed by atoms with E-state index in [-0.39, 0.29) is 31.1 Å². The van der Waals surface area contributed by atoms with E-state index in [0.29, 0.717) is 19.3 Å². The summed E-state index contributed by atoms with van der Waals surface area (Å²) in [5.41, 5.74) is 0. The number of carbonyl (C=O) groups is 3. The molecule has 0 aromatic carbocycles. The summed E-state index contributed by atoms with van der Waals surface area (Å²) in [4.78, 5) is 38.2. The van der Waals surface area contributed by atoms with Crippen molar-refractivity contribution in [2.45, 2.75) is 264 Å². The van der Waals surface area contributed by atoms with Crippen LogP contribution in [-0.2, 0) is 28.6 Å². The Hall–Kier alpha value is -4.45. The van der Waals surface area contributed by atoms with Gasteiger partial charge in [0.2, 0.25) is 0 Å². The molecule has 418 valence electrons. The average Bonchev–Trinajstić information content (AvgIpc) is 3.40. The number of allylic oxidation sites excluding steroid dienone is 22. The molecule has 0 N–H and O–H groups in total. The van der Waals surface area contributed by atoms with Gasteiger partial charge in [0.1, 0.15) is 13.2 Å². The van der Waals surface area contributed by atoms with Gasteiger partial charge >= 0.3 is 17.9 Å². The lowest BCUT2D eigenvalue weighted by Gasteiger charge is -2.18. The van der Waals surface area contributed by atoms with Gasteiger partial charge in [-0.2, -0.15) is 0 Å². The molecule has 0 aromatic rings. The Bertz CT molecular complexity index is 1600. The van der Waals surface area contributed by atoms with Crippen LogP contribution in [0, 0.1) is 0 Å². The molecule has 1 unspecified atom stereocenters. The summed E-state index contributed by atoms with van der Waals surface area (Å²) >= 11 is 0. The number of esters is 3. The molecule has 0 bridgehead atoms. The van der Waals surface area contributed by atoms with E-state index in [4.69, 9.17) is 14.2 Å². The summed E-state index contributed by atoms with van der Waals surface area (Å²) < 4.78 is 16.8. The molecule has 0 amide bonds. The van der Waals surface area contributed by atoms with Crippen LogP contribution in [0.25, 0.3) is 0 Å². The van der Waals surface area contributed by atoms with Crippen LogP contribution in [0.5, 0.6) is 0 Å². The molecule has 0 aliphatic carbocycles. The van der Waals surface area contributed by atoms with Crippen LogP contribution < -0.4 is 0 Å². The largest absolute Gasteiger partial charge is 0.462 e. The lowest BCUT2D eigenvalue weighted by molar-refractivity contribution is -0.167. The van der Waals surface area contributed by atoms with Crippen molar-refractivity contribution in [2.75, 3.05) is 13.2 Å². The van der Waals surface area contributed by atoms with Crippen molar-refractivity contribution in [1.29, 1.82) is 0 Å². The molecule has 0 saturated heterocycles. The number of rotatable bonds is 53. The number of unbranched alkanes of at least 4 members (excludes halogenated alkanes) is 20. The molecule has 0 rings (SSSR count). The topological polar surface area (TPSA) is 78.9 Å². The zero-order chi connectivity index (χ0) is 53.6. The van der Waals surface area contributed by atoms with Crippen molar-refractivity contribution >= 4 is 17.9 Å². The maximum Gasteiger partial charge on any atom is 0.306 e. The third-order valence-electron chi connectivity index (χ3n) is 12.4. The van der Waals surface area contributed by atoms with Crippen LogP contribution in [-0.4, -0.2) is 37.2 Å². The second-order valence-corrected chi connectivity index (χ2v) is 19.5. The van der Waals surface area contributed by atoms with Gasteiger partial charge in [-0.25, -0.2) is 0 Å². The Labute approximate surface area is 455 Å². The molecule has 0 radical (unpaired) electrons. The van der Waals surface area contributed by atoms with Crippen molar-refractivity contribution in [3.05, 3.63) is 134 Å². The standard InChI is InChI=1S/C68H110O6/c1-4-7-10-13-16-19-22-25-27-28-29-30-31-32-33-34-35-36-37-38-39-40-41-44-46-49-52-55-58-61-67(70)73-64-65(63-72-66(69)60-57-54-51-48-45-42-24-21-18-15-12-9-6-3)74-68(71)62-59-56-53-50-47-43-26-23-20-17-14-11-8-5-2/h7,9-10,12,16,18-19,21,25,27,29-30,32-33,35-36,38-39,41-42,44-45,65H,4-6,8,11,13-15,17,20,22-24,26,28,31,34,37,40,43,46-64H2,1-3H3/b10-7-,12-9-,19-16-,21-18-,27-25-,30-29-,33-32-,36-35-,39-38-,44-41-,45-42-. The van der Waals surface area contributed by atoms with E-state index in [0.717, 1.165) is 148 Å². The molecule has 0 aliphatic rings. The van der Waals surface area contributed by atoms with Crippen LogP contribution in [0.1, 0.15) is 258 Å². The molecular weight excluding hydrogens is 913 g/mol. The molecular formula is C68H110O6. The fourth-order valence-corrected chi connectivity index (χ4v) is 7.94. The minimum atomic E-state index is -0.804. The van der Waals surface area contributed by atoms with Gasteiger partial charge in [0.05, 0.1) is 0 Å². The van der Waals surface area contributed by atoms with Crippen molar-refractivity contribution in [3.63, 3.8) is 0 Å². The summed E-state index contributed by atoms with van der Waals surface area (Å²) in [5, 5.41) is 0. The zero-order valence-corrected chi connectivity index (χ0v) is 47.8. The molecule has 0 heterocycles. The highest BCUT2D eigenvalue weighted by Gasteiger charge is 2.19. The van der Waals surface area contributed by atoms with Crippen LogP contribution in [0.4, 0.5) is 0 Å². The Balaban J connectivity index is 4.38. The van der Waals surface area contributed by atoms with Crippen molar-refractivity contribution < 1.29 is 28.6 Å². The molecule has 0 spiro atoms. The highest BCUT2D eigenvalue weighted by molar-refractivity contribution is 5.71. The Morgan fingerprint density at radius 3 is 0.838 bits per heavy atom. The van der Waals surface area contributed by atoms with Gasteiger partial charge in [-0.15, -0.1) is 0 Å². The molecule has 0 saturated carbocycles. The maximum atomic E-state index is 12.8. The fourth-order valence-electron chi connectivity index (χ4n) is 7.94. The van der Waals surface area contributed by atoms with Gasteiger partial charge in [-0.3, -0.25) is 14.4 Å². The van der Waals surface area contributed by atoms with Crippen LogP contribution >= 0.6 is 0 Å². The quantitative estimate of drug-likeness (QED) is 0.0261. The Kier molecular flexibility index (Phi) is 57.4. The minimum absolute atomic E-state index is 0.103. The predicted molar refractivity (Wildman–Crippen MR) is 320 cm³/mol. The monoisotopic (exact) mass is 1020 g/mol. The third kappa shape index (κ3) is 58.4. The summed E-state index contributed by atoms with van der Waals surface area (Å²) in [7, 11) is 0. The lowest BCUT2D eigenvalue weighted by atomic mass is 10.0. The molecule has 0 fully saturated rings. The number of ether oxygens (including phenoxy) is 3. The van der Waals surface area contributed by atoms with E-state index in [9.17, 15) is 14.4 Å². The molecule has 0 aromatic heterocycles. The summed E-state index contributed by atoms with van der Waals surface area (Å²) in [6.45, 7) is 6.36. The summed E-state index contributed by atoms with van der Waals surface area (Å²) in [6.07, 6.45) is 85.9. The van der Waals surface area contributed by atoms with Crippen LogP contribution in [0.15, 0.2) is 134 Å². The predicted octanol–water partition coefficient (Wildman–Crippen LogP) is 20.6. The van der Waals surface area contributed by atoms with Crippen LogP contribution in [0.3, 0.4) is 0 Å². The summed E-state index contributed by atoms with van der Waals surface area (Å²) in [5.74, 6) is -0.955. The molecule has 1 atom stereocenters. The first kappa shape index (κ1) is 69.5. The number of hydrogen-bond donors (Lipinski definition) is 0. The fraction of sp³-hybridized carbons (Fsp3) is 0.632. The van der Waals surface area contributed by atoms with Gasteiger partial charge in [-0.05, 0) is 116 Å². The van der Waals surface area contributed by atoms with Crippen molar-refractivity contribution in [2.24, 2.45) is 0 Å². The smallest absolute Gasteiger partial charge is 0.306 e. The normalized spacial score (nSPS) is 13.1. The van der Waals surface area contributed by atoms with Crippen molar-refractivity contribution in [1.82, 2.24) is 0 Å². The van der Waals surface area contributed by atoms with Gasteiger partial charge < -0.3 is 14.2 Å². The first-order valence-corrected chi connectivity index (χ1v) is 30.2. The summed E-state index contributed by atoms with van der Waals surface area (Å²) in [6, 6.07) is 0. The van der Waals surface area contributed by atoms with Crippen LogP contribution in [0.2, 0.25) is 0 Å². The van der Waals surface area contributed by atoms with E-state index in [1.54, 1.807) is 0 Å². The zero-order valence-electron chi connectivity index (χ0n) is 47.8. The Morgan fingerprint density at radius 1 is 0.284 bits per heavy atom. The first-order valence-electron chi connectivity index (χ1n) is 30.2. The minimum Gasteiger partial charge on any atom is -0.462 e. The number of hydrogen-bond acceptors (Lipinski definition) is 6. The van der Waals surface area contributed by atoms with E-state index in [1.165, 1.54) is 70.6 Å². The highest BCUT2D eigenvalue weighted by atomic mass is 16.6.